The van der Waals surface area contributed by atoms with Crippen molar-refractivity contribution in [2.75, 3.05) is 51.7 Å². The zero-order valence-electron chi connectivity index (χ0n) is 30.4. The SMILES string of the molecule is COCOc1cc(-c2cc3nc(OCC45CCCN4CC(F)C5)nc4c3c(n2)OCC2C3CCC(CN42)N3C(=O)OC(C)(C)C)c2c(F)cccc2c1. The van der Waals surface area contributed by atoms with Gasteiger partial charge < -0.3 is 28.6 Å². The molecule has 0 saturated carbocycles. The molecule has 2 aromatic carbocycles. The van der Waals surface area contributed by atoms with Crippen LogP contribution in [0.15, 0.2) is 36.4 Å². The molecule has 53 heavy (non-hydrogen) atoms. The molecule has 0 radical (unpaired) electrons. The van der Waals surface area contributed by atoms with Gasteiger partial charge in [0, 0.05) is 37.6 Å². The first-order valence-corrected chi connectivity index (χ1v) is 18.5. The van der Waals surface area contributed by atoms with Gasteiger partial charge in [-0.05, 0) is 82.7 Å². The summed E-state index contributed by atoms with van der Waals surface area (Å²) in [7, 11) is 1.53. The summed E-state index contributed by atoms with van der Waals surface area (Å²) >= 11 is 0. The van der Waals surface area contributed by atoms with Gasteiger partial charge in [-0.1, -0.05) is 12.1 Å². The van der Waals surface area contributed by atoms with Crippen LogP contribution in [0.1, 0.15) is 52.9 Å². The molecule has 280 valence electrons. The molecule has 12 nitrogen and oxygen atoms in total. The van der Waals surface area contributed by atoms with Crippen LogP contribution >= 0.6 is 0 Å². The quantitative estimate of drug-likeness (QED) is 0.201. The molecule has 0 aliphatic carbocycles. The minimum atomic E-state index is -0.897. The number of pyridine rings is 1. The predicted octanol–water partition coefficient (Wildman–Crippen LogP) is 6.27. The second-order valence-electron chi connectivity index (χ2n) is 16.0. The Labute approximate surface area is 306 Å². The number of halogens is 2. The van der Waals surface area contributed by atoms with E-state index in [-0.39, 0.29) is 50.2 Å². The van der Waals surface area contributed by atoms with E-state index in [0.717, 1.165) is 32.2 Å². The Morgan fingerprint density at radius 2 is 1.92 bits per heavy atom. The number of methoxy groups -OCH3 is 1. The molecule has 5 aliphatic heterocycles. The topological polar surface area (TPSA) is 112 Å². The number of ether oxygens (including phenoxy) is 5. The maximum absolute atomic E-state index is 15.6. The second kappa shape index (κ2) is 12.8. The van der Waals surface area contributed by atoms with Crippen LogP contribution in [-0.4, -0.2) is 113 Å². The number of carbonyl (C=O) groups excluding carboxylic acids is 1. The van der Waals surface area contributed by atoms with E-state index < -0.39 is 23.1 Å². The van der Waals surface area contributed by atoms with Crippen molar-refractivity contribution < 1.29 is 37.3 Å². The molecule has 4 aromatic rings. The minimum absolute atomic E-state index is 0.0127. The highest BCUT2D eigenvalue weighted by molar-refractivity contribution is 6.01. The van der Waals surface area contributed by atoms with Crippen molar-refractivity contribution in [2.24, 2.45) is 0 Å². The summed E-state index contributed by atoms with van der Waals surface area (Å²) < 4.78 is 60.2. The van der Waals surface area contributed by atoms with Crippen LogP contribution in [0.2, 0.25) is 0 Å². The third-order valence-corrected chi connectivity index (χ3v) is 11.4. The fourth-order valence-electron chi connectivity index (χ4n) is 9.26. The van der Waals surface area contributed by atoms with E-state index in [4.69, 9.17) is 38.6 Å². The number of carbonyl (C=O) groups is 1. The van der Waals surface area contributed by atoms with Crippen molar-refractivity contribution in [1.82, 2.24) is 24.8 Å². The van der Waals surface area contributed by atoms with Gasteiger partial charge in [-0.25, -0.2) is 18.6 Å². The number of aromatic nitrogens is 3. The number of nitrogens with zero attached hydrogens (tertiary/aromatic N) is 6. The van der Waals surface area contributed by atoms with Gasteiger partial charge in [0.2, 0.25) is 5.88 Å². The Morgan fingerprint density at radius 3 is 2.75 bits per heavy atom. The number of rotatable bonds is 7. The highest BCUT2D eigenvalue weighted by atomic mass is 19.1. The summed E-state index contributed by atoms with van der Waals surface area (Å²) in [5.74, 6) is 0.985. The third-order valence-electron chi connectivity index (χ3n) is 11.4. The summed E-state index contributed by atoms with van der Waals surface area (Å²) in [4.78, 5) is 34.8. The van der Waals surface area contributed by atoms with E-state index in [2.05, 4.69) is 9.80 Å². The van der Waals surface area contributed by atoms with Crippen LogP contribution in [0, 0.1) is 5.82 Å². The van der Waals surface area contributed by atoms with Gasteiger partial charge in [-0.15, -0.1) is 0 Å². The zero-order chi connectivity index (χ0) is 36.6. The number of benzene rings is 2. The molecule has 0 spiro atoms. The molecule has 5 unspecified atom stereocenters. The Kier molecular flexibility index (Phi) is 8.26. The normalized spacial score (nSPS) is 26.4. The van der Waals surface area contributed by atoms with Crippen LogP contribution in [0.4, 0.5) is 19.4 Å². The van der Waals surface area contributed by atoms with Crippen molar-refractivity contribution >= 4 is 33.6 Å². The molecule has 9 rings (SSSR count). The standard InChI is InChI=1S/C39H44F2N6O6/c1-38(2,3)53-37(48)47-24-9-10-30(47)31-19-50-35-33-29(15-28(42-35)26-14-25(52-21-49-4)13-22-7-5-8-27(41)32(22)26)43-36(44-34(33)46(31)18-24)51-20-39-11-6-12-45(39)17-23(40)16-39/h5,7-8,13-15,23-24,30-31H,6,9-12,16-21H2,1-4H3. The summed E-state index contributed by atoms with van der Waals surface area (Å²) in [6, 6.07) is 9.82. The van der Waals surface area contributed by atoms with Gasteiger partial charge in [0.15, 0.2) is 6.79 Å². The van der Waals surface area contributed by atoms with E-state index >= 15 is 4.39 Å². The molecule has 0 N–H and O–H groups in total. The Hall–Kier alpha value is -4.56. The van der Waals surface area contributed by atoms with Gasteiger partial charge in [0.1, 0.15) is 47.8 Å². The first kappa shape index (κ1) is 34.2. The predicted molar refractivity (Wildman–Crippen MR) is 193 cm³/mol. The molecule has 1 amide bonds. The van der Waals surface area contributed by atoms with Crippen molar-refractivity contribution in [3.8, 4) is 28.9 Å². The van der Waals surface area contributed by atoms with Crippen LogP contribution in [0.3, 0.4) is 0 Å². The van der Waals surface area contributed by atoms with E-state index in [0.29, 0.717) is 69.9 Å². The second-order valence-corrected chi connectivity index (χ2v) is 16.0. The highest BCUT2D eigenvalue weighted by Crippen LogP contribution is 2.46. The van der Waals surface area contributed by atoms with E-state index in [9.17, 15) is 9.18 Å². The summed E-state index contributed by atoms with van der Waals surface area (Å²) in [5.41, 5.74) is 0.392. The monoisotopic (exact) mass is 730 g/mol. The van der Waals surface area contributed by atoms with Crippen molar-refractivity contribution in [2.45, 2.75) is 88.3 Å². The number of alkyl halides is 1. The smallest absolute Gasteiger partial charge is 0.410 e. The molecule has 14 heteroatoms. The number of fused-ring (bicyclic) bond motifs is 7. The fourth-order valence-corrected chi connectivity index (χ4v) is 9.26. The molecule has 5 atom stereocenters. The van der Waals surface area contributed by atoms with Gasteiger partial charge in [0.25, 0.3) is 0 Å². The molecule has 4 saturated heterocycles. The van der Waals surface area contributed by atoms with Crippen molar-refractivity contribution in [3.05, 3.63) is 42.2 Å². The summed E-state index contributed by atoms with van der Waals surface area (Å²) in [6.07, 6.45) is 2.61. The largest absolute Gasteiger partial charge is 0.475 e. The van der Waals surface area contributed by atoms with Crippen molar-refractivity contribution in [1.29, 1.82) is 0 Å². The van der Waals surface area contributed by atoms with Gasteiger partial charge >= 0.3 is 12.1 Å². The number of piperazine rings is 1. The van der Waals surface area contributed by atoms with E-state index in [1.165, 1.54) is 13.2 Å². The first-order chi connectivity index (χ1) is 25.5. The maximum Gasteiger partial charge on any atom is 0.410 e. The van der Waals surface area contributed by atoms with Crippen LogP contribution < -0.4 is 19.1 Å². The van der Waals surface area contributed by atoms with Crippen LogP contribution in [0.25, 0.3) is 32.9 Å². The summed E-state index contributed by atoms with van der Waals surface area (Å²) in [6.45, 7) is 7.86. The molecular formula is C39H44F2N6O6. The highest BCUT2D eigenvalue weighted by Gasteiger charge is 2.52. The van der Waals surface area contributed by atoms with Gasteiger partial charge in [0.05, 0.1) is 34.9 Å². The fraction of sp³-hybridized carbons (Fsp3) is 0.538. The molecule has 2 bridgehead atoms. The average molecular weight is 731 g/mol. The molecule has 7 heterocycles. The summed E-state index contributed by atoms with van der Waals surface area (Å²) in [5, 5.41) is 1.62. The molecular weight excluding hydrogens is 686 g/mol. The number of amides is 1. The van der Waals surface area contributed by atoms with Crippen LogP contribution in [0.5, 0.6) is 17.6 Å². The van der Waals surface area contributed by atoms with E-state index in [1.807, 2.05) is 31.7 Å². The Bertz CT molecular complexity index is 2100. The lowest BCUT2D eigenvalue weighted by molar-refractivity contribution is 0.00537. The Balaban J connectivity index is 1.17. The lowest BCUT2D eigenvalue weighted by Crippen LogP contribution is -2.63. The Morgan fingerprint density at radius 1 is 1.06 bits per heavy atom. The maximum atomic E-state index is 15.6. The molecule has 5 aliphatic rings. The van der Waals surface area contributed by atoms with Crippen molar-refractivity contribution in [3.63, 3.8) is 0 Å². The first-order valence-electron chi connectivity index (χ1n) is 18.5. The molecule has 2 aromatic heterocycles. The zero-order valence-corrected chi connectivity index (χ0v) is 30.4. The van der Waals surface area contributed by atoms with Crippen LogP contribution in [-0.2, 0) is 9.47 Å². The minimum Gasteiger partial charge on any atom is -0.475 e. The molecule has 4 fully saturated rings. The third kappa shape index (κ3) is 5.94. The number of anilines is 1. The van der Waals surface area contributed by atoms with E-state index in [1.54, 1.807) is 24.3 Å². The van der Waals surface area contributed by atoms with Gasteiger partial charge in [-0.3, -0.25) is 9.80 Å². The average Bonchev–Trinajstić information content (AvgIpc) is 3.72. The number of hydrogen-bond donors (Lipinski definition) is 0. The van der Waals surface area contributed by atoms with Gasteiger partial charge in [-0.2, -0.15) is 9.97 Å². The lowest BCUT2D eigenvalue weighted by atomic mass is 9.95. The lowest BCUT2D eigenvalue weighted by Gasteiger charge is -2.46. The number of hydrogen-bond acceptors (Lipinski definition) is 11.